The molecule has 1 heterocycles. The first-order valence-corrected chi connectivity index (χ1v) is 3.94. The van der Waals surface area contributed by atoms with Gasteiger partial charge in [0.2, 0.25) is 0 Å². The summed E-state index contributed by atoms with van der Waals surface area (Å²) >= 11 is 0. The zero-order chi connectivity index (χ0) is 9.10. The van der Waals surface area contributed by atoms with Gasteiger partial charge in [-0.15, -0.1) is 0 Å². The summed E-state index contributed by atoms with van der Waals surface area (Å²) in [5, 5.41) is 9.41. The lowest BCUT2D eigenvalue weighted by molar-refractivity contribution is 0.615. The van der Waals surface area contributed by atoms with Crippen molar-refractivity contribution >= 4 is 17.0 Å². The second-order valence-corrected chi connectivity index (χ2v) is 2.65. The summed E-state index contributed by atoms with van der Waals surface area (Å²) in [5.41, 5.74) is 1.79. The fourth-order valence-electron chi connectivity index (χ4n) is 1.25. The molecule has 2 rings (SSSR count). The largest absolute Gasteiger partial charge is 0.464 e. The minimum absolute atomic E-state index is 0.847. The molecule has 2 aromatic rings. The van der Waals surface area contributed by atoms with E-state index in [1.807, 2.05) is 30.3 Å². The van der Waals surface area contributed by atoms with E-state index in [4.69, 9.17) is 9.68 Å². The molecule has 0 aliphatic rings. The minimum atomic E-state index is 0.847. The molecule has 0 unspecified atom stereocenters. The van der Waals surface area contributed by atoms with Crippen molar-refractivity contribution in [3.63, 3.8) is 0 Å². The first-order chi connectivity index (χ1) is 6.42. The first kappa shape index (κ1) is 7.63. The molecule has 13 heavy (non-hydrogen) atoms. The van der Waals surface area contributed by atoms with Crippen LogP contribution in [0.25, 0.3) is 17.0 Å². The van der Waals surface area contributed by atoms with Gasteiger partial charge in [-0.25, -0.2) is 0 Å². The Morgan fingerprint density at radius 3 is 3.00 bits per heavy atom. The number of fused-ring (bicyclic) bond motifs is 1. The normalized spacial score (nSPS) is 10.7. The van der Waals surface area contributed by atoms with E-state index in [1.165, 1.54) is 6.08 Å². The molecule has 0 N–H and O–H groups in total. The highest BCUT2D eigenvalue weighted by molar-refractivity contribution is 5.87. The monoisotopic (exact) mass is 169 g/mol. The second-order valence-electron chi connectivity index (χ2n) is 2.65. The van der Waals surface area contributed by atoms with Crippen LogP contribution in [0.2, 0.25) is 0 Å². The first-order valence-electron chi connectivity index (χ1n) is 3.94. The third-order valence-electron chi connectivity index (χ3n) is 1.85. The Hall–Kier alpha value is -2.01. The number of rotatable bonds is 1. The van der Waals surface area contributed by atoms with Crippen LogP contribution in [0.4, 0.5) is 0 Å². The second kappa shape index (κ2) is 3.16. The van der Waals surface area contributed by atoms with Crippen LogP contribution in [0, 0.1) is 11.3 Å². The Morgan fingerprint density at radius 1 is 1.31 bits per heavy atom. The van der Waals surface area contributed by atoms with Crippen LogP contribution in [0.3, 0.4) is 0 Å². The number of nitrogens with zero attached hydrogens (tertiary/aromatic N) is 1. The van der Waals surface area contributed by atoms with Crippen LogP contribution in [-0.2, 0) is 0 Å². The lowest BCUT2D eigenvalue weighted by Gasteiger charge is -1.86. The zero-order valence-corrected chi connectivity index (χ0v) is 6.90. The van der Waals surface area contributed by atoms with E-state index in [0.717, 1.165) is 16.5 Å². The summed E-state index contributed by atoms with van der Waals surface area (Å²) in [6, 6.07) is 9.68. The van der Waals surface area contributed by atoms with Crippen molar-refractivity contribution in [3.8, 4) is 6.07 Å². The molecular weight excluding hydrogens is 162 g/mol. The van der Waals surface area contributed by atoms with E-state index in [0.29, 0.717) is 0 Å². The Bertz CT molecular complexity index is 488. The highest BCUT2D eigenvalue weighted by atomic mass is 16.3. The highest BCUT2D eigenvalue weighted by Gasteiger charge is 2.00. The van der Waals surface area contributed by atoms with E-state index < -0.39 is 0 Å². The van der Waals surface area contributed by atoms with Crippen LogP contribution in [0.1, 0.15) is 5.56 Å². The van der Waals surface area contributed by atoms with E-state index in [2.05, 4.69) is 0 Å². The number of para-hydroxylation sites is 1. The molecule has 0 amide bonds. The summed E-state index contributed by atoms with van der Waals surface area (Å²) in [5.74, 6) is 0. The van der Waals surface area contributed by atoms with Crippen LogP contribution in [0.15, 0.2) is 41.0 Å². The summed E-state index contributed by atoms with van der Waals surface area (Å²) in [6.45, 7) is 0. The molecule has 1 aromatic heterocycles. The van der Waals surface area contributed by atoms with Gasteiger partial charge >= 0.3 is 0 Å². The van der Waals surface area contributed by atoms with Crippen molar-refractivity contribution in [1.29, 1.82) is 5.26 Å². The fourth-order valence-corrected chi connectivity index (χ4v) is 1.25. The molecule has 1 aromatic carbocycles. The topological polar surface area (TPSA) is 36.9 Å². The van der Waals surface area contributed by atoms with Crippen LogP contribution in [0.5, 0.6) is 0 Å². The zero-order valence-electron chi connectivity index (χ0n) is 6.90. The van der Waals surface area contributed by atoms with Gasteiger partial charge in [-0.2, -0.15) is 5.26 Å². The molecule has 0 aliphatic heterocycles. The quantitative estimate of drug-likeness (QED) is 0.615. The van der Waals surface area contributed by atoms with E-state index in [1.54, 1.807) is 12.3 Å². The van der Waals surface area contributed by atoms with Gasteiger partial charge in [0, 0.05) is 17.0 Å². The lowest BCUT2D eigenvalue weighted by Crippen LogP contribution is -1.66. The van der Waals surface area contributed by atoms with Crippen molar-refractivity contribution < 1.29 is 4.42 Å². The molecule has 2 heteroatoms. The Kier molecular flexibility index (Phi) is 1.85. The highest BCUT2D eigenvalue weighted by Crippen LogP contribution is 2.21. The summed E-state index contributed by atoms with van der Waals surface area (Å²) < 4.78 is 5.29. The SMILES string of the molecule is N#C/C=C\c1coc2ccccc12. The molecule has 0 fully saturated rings. The molecule has 0 saturated heterocycles. The number of benzene rings is 1. The average Bonchev–Trinajstić information content (AvgIpc) is 2.58. The Balaban J connectivity index is 2.59. The summed E-state index contributed by atoms with van der Waals surface area (Å²) in [4.78, 5) is 0. The predicted molar refractivity (Wildman–Crippen MR) is 50.9 cm³/mol. The van der Waals surface area contributed by atoms with Gasteiger partial charge in [-0.1, -0.05) is 18.2 Å². The summed E-state index contributed by atoms with van der Waals surface area (Å²) in [7, 11) is 0. The van der Waals surface area contributed by atoms with Crippen molar-refractivity contribution in [1.82, 2.24) is 0 Å². The van der Waals surface area contributed by atoms with E-state index >= 15 is 0 Å². The molecule has 0 atom stereocenters. The van der Waals surface area contributed by atoms with Crippen LogP contribution >= 0.6 is 0 Å². The third kappa shape index (κ3) is 1.32. The molecule has 0 radical (unpaired) electrons. The number of hydrogen-bond donors (Lipinski definition) is 0. The standard InChI is InChI=1S/C11H7NO/c12-7-3-4-9-8-13-11-6-2-1-5-10(9)11/h1-6,8H/b4-3-. The van der Waals surface area contributed by atoms with Gasteiger partial charge < -0.3 is 4.42 Å². The van der Waals surface area contributed by atoms with Crippen molar-refractivity contribution in [2.24, 2.45) is 0 Å². The smallest absolute Gasteiger partial charge is 0.134 e. The fraction of sp³-hybridized carbons (Fsp3) is 0. The van der Waals surface area contributed by atoms with Gasteiger partial charge in [-0.3, -0.25) is 0 Å². The van der Waals surface area contributed by atoms with Crippen LogP contribution < -0.4 is 0 Å². The third-order valence-corrected chi connectivity index (χ3v) is 1.85. The maximum absolute atomic E-state index is 8.37. The molecule has 62 valence electrons. The molecule has 0 bridgehead atoms. The molecule has 0 aliphatic carbocycles. The Labute approximate surface area is 75.7 Å². The summed E-state index contributed by atoms with van der Waals surface area (Å²) in [6.07, 6.45) is 4.83. The molecular formula is C11H7NO. The Morgan fingerprint density at radius 2 is 2.15 bits per heavy atom. The number of furan rings is 1. The van der Waals surface area contributed by atoms with Gasteiger partial charge in [0.15, 0.2) is 0 Å². The minimum Gasteiger partial charge on any atom is -0.464 e. The van der Waals surface area contributed by atoms with Gasteiger partial charge in [0.1, 0.15) is 5.58 Å². The van der Waals surface area contributed by atoms with Gasteiger partial charge in [-0.05, 0) is 12.1 Å². The van der Waals surface area contributed by atoms with Crippen molar-refractivity contribution in [2.45, 2.75) is 0 Å². The number of allylic oxidation sites excluding steroid dienone is 1. The molecule has 0 saturated carbocycles. The van der Waals surface area contributed by atoms with Gasteiger partial charge in [0.25, 0.3) is 0 Å². The lowest BCUT2D eigenvalue weighted by atomic mass is 10.2. The van der Waals surface area contributed by atoms with E-state index in [-0.39, 0.29) is 0 Å². The predicted octanol–water partition coefficient (Wildman–Crippen LogP) is 2.97. The van der Waals surface area contributed by atoms with Crippen LogP contribution in [-0.4, -0.2) is 0 Å². The maximum Gasteiger partial charge on any atom is 0.134 e. The van der Waals surface area contributed by atoms with Crippen molar-refractivity contribution in [2.75, 3.05) is 0 Å². The molecule has 2 nitrogen and oxygen atoms in total. The van der Waals surface area contributed by atoms with Gasteiger partial charge in [0.05, 0.1) is 12.3 Å². The molecule has 0 spiro atoms. The average molecular weight is 169 g/mol. The number of nitriles is 1. The maximum atomic E-state index is 8.37. The van der Waals surface area contributed by atoms with E-state index in [9.17, 15) is 0 Å². The van der Waals surface area contributed by atoms with Crippen molar-refractivity contribution in [3.05, 3.63) is 42.2 Å². The number of hydrogen-bond acceptors (Lipinski definition) is 2.